The number of aliphatic hydroxyl groups excluding tert-OH is 1. The first-order valence-electron chi connectivity index (χ1n) is 12.8. The number of urea groups is 1. The lowest BCUT2D eigenvalue weighted by molar-refractivity contribution is 0.0356. The number of nitrogens with zero attached hydrogens (tertiary/aromatic N) is 3. The molecule has 0 unspecified atom stereocenters. The van der Waals surface area contributed by atoms with Gasteiger partial charge in [-0.2, -0.15) is 0 Å². The highest BCUT2D eigenvalue weighted by atomic mass is 19.1. The number of benzene rings is 2. The van der Waals surface area contributed by atoms with Crippen LogP contribution in [0.15, 0.2) is 60.8 Å². The second kappa shape index (κ2) is 12.6. The maximum Gasteiger partial charge on any atom is 0.321 e. The van der Waals surface area contributed by atoms with Gasteiger partial charge in [-0.05, 0) is 61.5 Å². The van der Waals surface area contributed by atoms with Crippen LogP contribution in [-0.4, -0.2) is 70.7 Å². The third-order valence-corrected chi connectivity index (χ3v) is 6.61. The molecule has 2 aromatic carbocycles. The van der Waals surface area contributed by atoms with E-state index in [2.05, 4.69) is 22.1 Å². The molecule has 0 bridgehead atoms. The van der Waals surface area contributed by atoms with E-state index in [1.54, 1.807) is 37.1 Å². The smallest absolute Gasteiger partial charge is 0.321 e. The molecule has 0 saturated carbocycles. The number of aliphatic hydroxyl groups is 1. The van der Waals surface area contributed by atoms with E-state index in [4.69, 9.17) is 4.74 Å². The van der Waals surface area contributed by atoms with Crippen molar-refractivity contribution in [3.05, 3.63) is 89.1 Å². The Morgan fingerprint density at radius 2 is 1.77 bits per heavy atom. The molecule has 208 valence electrons. The summed E-state index contributed by atoms with van der Waals surface area (Å²) in [5.41, 5.74) is 1.68. The van der Waals surface area contributed by atoms with Gasteiger partial charge in [0.15, 0.2) is 0 Å². The SMILES string of the molecule is C[C@H]1CN([C@@H](C)CO)C(=O)c2cc(C#Cc3ccc(F)cc3)cnc2O[C@@H]1CN(C)C(=O)Nc1ccc(F)cc1. The predicted octanol–water partition coefficient (Wildman–Crippen LogP) is 4.14. The third kappa shape index (κ3) is 6.93. The molecule has 10 heteroatoms. The Kier molecular flexibility index (Phi) is 8.97. The number of likely N-dealkylation sites (N-methyl/N-ethyl adjacent to an activating group) is 1. The van der Waals surface area contributed by atoms with Crippen molar-refractivity contribution in [2.45, 2.75) is 26.0 Å². The summed E-state index contributed by atoms with van der Waals surface area (Å²) in [6.07, 6.45) is 0.935. The van der Waals surface area contributed by atoms with E-state index >= 15 is 0 Å². The van der Waals surface area contributed by atoms with E-state index in [0.717, 1.165) is 0 Å². The van der Waals surface area contributed by atoms with Crippen molar-refractivity contribution in [1.82, 2.24) is 14.8 Å². The van der Waals surface area contributed by atoms with Crippen LogP contribution in [0.3, 0.4) is 0 Å². The van der Waals surface area contributed by atoms with Crippen molar-refractivity contribution < 1.29 is 28.2 Å². The van der Waals surface area contributed by atoms with E-state index in [-0.39, 0.29) is 48.8 Å². The predicted molar refractivity (Wildman–Crippen MR) is 146 cm³/mol. The average molecular weight is 549 g/mol. The Bertz CT molecular complexity index is 1420. The number of fused-ring (bicyclic) bond motifs is 1. The lowest BCUT2D eigenvalue weighted by atomic mass is 10.00. The molecule has 8 nitrogen and oxygen atoms in total. The summed E-state index contributed by atoms with van der Waals surface area (Å²) in [5.74, 6) is 4.60. The highest BCUT2D eigenvalue weighted by Gasteiger charge is 2.34. The Morgan fingerprint density at radius 1 is 1.15 bits per heavy atom. The number of carbonyl (C=O) groups is 2. The largest absolute Gasteiger partial charge is 0.472 e. The minimum absolute atomic E-state index is 0.0939. The standard InChI is InChI=1S/C30H30F2N4O4/c1-19-16-36(20(2)18-37)29(38)26-14-22(5-4-21-6-8-23(31)9-7-21)15-33-28(26)40-27(19)17-35(3)30(39)34-25-12-10-24(32)11-13-25/h6-15,19-20,27,37H,16-18H2,1-3H3,(H,34,39)/t19-,20-,27+/m0/s1. The number of carbonyl (C=O) groups excluding carboxylic acids is 2. The normalized spacial score (nSPS) is 17.4. The van der Waals surface area contributed by atoms with E-state index < -0.39 is 24.0 Å². The molecule has 0 saturated heterocycles. The van der Waals surface area contributed by atoms with Crippen molar-refractivity contribution in [1.29, 1.82) is 0 Å². The Balaban J connectivity index is 1.60. The van der Waals surface area contributed by atoms with Crippen LogP contribution >= 0.6 is 0 Å². The number of hydrogen-bond acceptors (Lipinski definition) is 5. The summed E-state index contributed by atoms with van der Waals surface area (Å²) in [4.78, 5) is 33.8. The number of halogens is 2. The van der Waals surface area contributed by atoms with Crippen LogP contribution < -0.4 is 10.1 Å². The zero-order chi connectivity index (χ0) is 28.8. The second-order valence-corrected chi connectivity index (χ2v) is 9.77. The topological polar surface area (TPSA) is 95.0 Å². The van der Waals surface area contributed by atoms with Crippen LogP contribution in [0.25, 0.3) is 0 Å². The first-order valence-corrected chi connectivity index (χ1v) is 12.8. The van der Waals surface area contributed by atoms with Crippen LogP contribution in [0, 0.1) is 29.4 Å². The van der Waals surface area contributed by atoms with Crippen LogP contribution in [0.2, 0.25) is 0 Å². The fourth-order valence-corrected chi connectivity index (χ4v) is 4.17. The molecule has 4 rings (SSSR count). The van der Waals surface area contributed by atoms with Crippen molar-refractivity contribution in [2.24, 2.45) is 5.92 Å². The van der Waals surface area contributed by atoms with Gasteiger partial charge in [0.2, 0.25) is 5.88 Å². The molecule has 1 aliphatic rings. The van der Waals surface area contributed by atoms with Gasteiger partial charge in [0.25, 0.3) is 5.91 Å². The fourth-order valence-electron chi connectivity index (χ4n) is 4.17. The molecule has 0 fully saturated rings. The molecule has 0 radical (unpaired) electrons. The summed E-state index contributed by atoms with van der Waals surface area (Å²) in [7, 11) is 1.61. The second-order valence-electron chi connectivity index (χ2n) is 9.77. The zero-order valence-electron chi connectivity index (χ0n) is 22.4. The Labute approximate surface area is 231 Å². The van der Waals surface area contributed by atoms with Crippen LogP contribution in [0.1, 0.15) is 35.3 Å². The number of pyridine rings is 1. The molecule has 3 atom stereocenters. The molecule has 3 aromatic rings. The van der Waals surface area contributed by atoms with Gasteiger partial charge in [0, 0.05) is 42.5 Å². The van der Waals surface area contributed by atoms with E-state index in [1.807, 2.05) is 6.92 Å². The highest BCUT2D eigenvalue weighted by molar-refractivity contribution is 5.97. The first-order chi connectivity index (χ1) is 19.1. The molecule has 1 aromatic heterocycles. The van der Waals surface area contributed by atoms with Crippen LogP contribution in [0.5, 0.6) is 5.88 Å². The van der Waals surface area contributed by atoms with E-state index in [0.29, 0.717) is 16.8 Å². The van der Waals surface area contributed by atoms with Gasteiger partial charge in [-0.3, -0.25) is 4.79 Å². The number of nitrogens with one attached hydrogen (secondary N) is 1. The van der Waals surface area contributed by atoms with Crippen molar-refractivity contribution in [2.75, 3.05) is 32.1 Å². The Hall–Kier alpha value is -4.49. The van der Waals surface area contributed by atoms with Crippen molar-refractivity contribution in [3.8, 4) is 17.7 Å². The number of aromatic nitrogens is 1. The molecule has 0 aliphatic carbocycles. The summed E-state index contributed by atoms with van der Waals surface area (Å²) in [5, 5.41) is 12.6. The van der Waals surface area contributed by atoms with Gasteiger partial charge in [0.1, 0.15) is 23.3 Å². The highest BCUT2D eigenvalue weighted by Crippen LogP contribution is 2.27. The molecular formula is C30H30F2N4O4. The van der Waals surface area contributed by atoms with Crippen molar-refractivity contribution in [3.63, 3.8) is 0 Å². The molecule has 2 N–H and O–H groups in total. The zero-order valence-corrected chi connectivity index (χ0v) is 22.4. The minimum Gasteiger partial charge on any atom is -0.472 e. The number of amides is 3. The summed E-state index contributed by atoms with van der Waals surface area (Å²) in [6.45, 7) is 3.83. The maximum atomic E-state index is 13.6. The summed E-state index contributed by atoms with van der Waals surface area (Å²) in [6, 6.07) is 11.9. The lowest BCUT2D eigenvalue weighted by Crippen LogP contribution is -2.50. The van der Waals surface area contributed by atoms with Crippen LogP contribution in [-0.2, 0) is 0 Å². The fraction of sp³-hybridized carbons (Fsp3) is 0.300. The van der Waals surface area contributed by atoms with Gasteiger partial charge in [-0.15, -0.1) is 0 Å². The summed E-state index contributed by atoms with van der Waals surface area (Å²) >= 11 is 0. The molecule has 2 heterocycles. The Morgan fingerprint density at radius 3 is 2.42 bits per heavy atom. The molecule has 3 amide bonds. The monoisotopic (exact) mass is 548 g/mol. The van der Waals surface area contributed by atoms with Crippen LogP contribution in [0.4, 0.5) is 19.3 Å². The van der Waals surface area contributed by atoms with Gasteiger partial charge in [-0.1, -0.05) is 18.8 Å². The summed E-state index contributed by atoms with van der Waals surface area (Å²) < 4.78 is 32.6. The molecule has 0 spiro atoms. The van der Waals surface area contributed by atoms with Crippen molar-refractivity contribution >= 4 is 17.6 Å². The molecule has 40 heavy (non-hydrogen) atoms. The maximum absolute atomic E-state index is 13.6. The van der Waals surface area contributed by atoms with Gasteiger partial charge in [0.05, 0.1) is 19.2 Å². The van der Waals surface area contributed by atoms with Gasteiger partial charge >= 0.3 is 6.03 Å². The first kappa shape index (κ1) is 28.5. The quantitative estimate of drug-likeness (QED) is 0.468. The van der Waals surface area contributed by atoms with Gasteiger partial charge in [-0.25, -0.2) is 18.6 Å². The number of rotatable bonds is 5. The number of ether oxygens (including phenoxy) is 1. The van der Waals surface area contributed by atoms with E-state index in [9.17, 15) is 23.5 Å². The minimum atomic E-state index is -0.548. The lowest BCUT2D eigenvalue weighted by Gasteiger charge is -2.37. The number of anilines is 1. The number of hydrogen-bond donors (Lipinski definition) is 2. The third-order valence-electron chi connectivity index (χ3n) is 6.61. The van der Waals surface area contributed by atoms with E-state index in [1.165, 1.54) is 47.5 Å². The molecule has 1 aliphatic heterocycles. The molecular weight excluding hydrogens is 518 g/mol. The average Bonchev–Trinajstić information content (AvgIpc) is 2.95. The van der Waals surface area contributed by atoms with Gasteiger partial charge < -0.3 is 25.0 Å².